The third-order valence-electron chi connectivity index (χ3n) is 4.80. The van der Waals surface area contributed by atoms with E-state index in [9.17, 15) is 13.2 Å². The minimum absolute atomic E-state index is 0.0000199. The number of nitrogens with one attached hydrogen (secondary N) is 1. The number of anilines is 1. The summed E-state index contributed by atoms with van der Waals surface area (Å²) in [7, 11) is -1.07. The largest absolute Gasteiger partial charge is 0.497 e. The molecule has 10 heteroatoms. The van der Waals surface area contributed by atoms with Gasteiger partial charge in [0.2, 0.25) is 10.0 Å². The van der Waals surface area contributed by atoms with Gasteiger partial charge in [-0.1, -0.05) is 0 Å². The van der Waals surface area contributed by atoms with Crippen LogP contribution in [0, 0.1) is 0 Å². The van der Waals surface area contributed by atoms with Gasteiger partial charge in [-0.25, -0.2) is 13.2 Å². The molecule has 1 spiro atoms. The average molecular weight is 427 g/mol. The summed E-state index contributed by atoms with van der Waals surface area (Å²) in [5, 5.41) is -1.12. The molecule has 9 nitrogen and oxygen atoms in total. The van der Waals surface area contributed by atoms with Crippen LogP contribution in [0.1, 0.15) is 19.8 Å². The Balaban J connectivity index is 1.93. The van der Waals surface area contributed by atoms with Gasteiger partial charge in [0.1, 0.15) is 16.7 Å². The van der Waals surface area contributed by atoms with Gasteiger partial charge >= 0.3 is 5.97 Å². The van der Waals surface area contributed by atoms with Gasteiger partial charge in [-0.05, 0) is 31.6 Å². The van der Waals surface area contributed by atoms with Gasteiger partial charge in [0.25, 0.3) is 0 Å². The molecule has 1 aliphatic heterocycles. The smallest absolute Gasteiger partial charge is 0.335 e. The van der Waals surface area contributed by atoms with Gasteiger partial charge in [0.05, 0.1) is 45.3 Å². The lowest BCUT2D eigenvalue weighted by atomic mass is 9.94. The van der Waals surface area contributed by atoms with Crippen molar-refractivity contribution in [2.45, 2.75) is 30.8 Å². The van der Waals surface area contributed by atoms with Crippen LogP contribution in [-0.2, 0) is 29.0 Å². The van der Waals surface area contributed by atoms with E-state index in [0.717, 1.165) is 0 Å². The predicted molar refractivity (Wildman–Crippen MR) is 104 cm³/mol. The molecule has 1 atom stereocenters. The molecule has 1 saturated heterocycles. The third-order valence-corrected chi connectivity index (χ3v) is 6.54. The Morgan fingerprint density at radius 2 is 1.97 bits per heavy atom. The van der Waals surface area contributed by atoms with Gasteiger partial charge < -0.3 is 23.7 Å². The standard InChI is InChI=1S/C19H25NO8S/c1-4-26-18(21)14-12-19(27-9-10-28-19)8-7-17(14)29(22,23)20-15-6-5-13(24-2)11-16(15)25-3/h5-6,11-12,17,20H,4,7-10H2,1-3H3. The lowest BCUT2D eigenvalue weighted by molar-refractivity contribution is -0.143. The second kappa shape index (κ2) is 8.60. The molecule has 0 radical (unpaired) electrons. The van der Waals surface area contributed by atoms with Gasteiger partial charge in [0, 0.05) is 12.5 Å². The topological polar surface area (TPSA) is 109 Å². The fourth-order valence-electron chi connectivity index (χ4n) is 3.42. The second-order valence-electron chi connectivity index (χ2n) is 6.57. The number of benzene rings is 1. The monoisotopic (exact) mass is 427 g/mol. The minimum atomic E-state index is -4.00. The summed E-state index contributed by atoms with van der Waals surface area (Å²) in [6.07, 6.45) is 1.89. The molecule has 0 bridgehead atoms. The van der Waals surface area contributed by atoms with Crippen molar-refractivity contribution >= 4 is 21.7 Å². The van der Waals surface area contributed by atoms with Gasteiger partial charge in [-0.2, -0.15) is 0 Å². The molecule has 1 unspecified atom stereocenters. The Hall–Kier alpha value is -2.30. The molecule has 160 valence electrons. The normalized spacial score (nSPS) is 20.8. The number of rotatable bonds is 7. The molecular formula is C19H25NO8S. The predicted octanol–water partition coefficient (Wildman–Crippen LogP) is 1.84. The van der Waals surface area contributed by atoms with Crippen LogP contribution < -0.4 is 14.2 Å². The van der Waals surface area contributed by atoms with E-state index >= 15 is 0 Å². The van der Waals surface area contributed by atoms with E-state index in [1.165, 1.54) is 26.4 Å². The quantitative estimate of drug-likeness (QED) is 0.657. The van der Waals surface area contributed by atoms with Crippen molar-refractivity contribution < 1.29 is 36.9 Å². The van der Waals surface area contributed by atoms with Crippen LogP contribution >= 0.6 is 0 Å². The van der Waals surface area contributed by atoms with Gasteiger partial charge in [-0.3, -0.25) is 4.72 Å². The maximum absolute atomic E-state index is 13.2. The maximum Gasteiger partial charge on any atom is 0.335 e. The number of hydrogen-bond acceptors (Lipinski definition) is 8. The molecule has 3 rings (SSSR count). The summed E-state index contributed by atoms with van der Waals surface area (Å²) < 4.78 is 55.6. The first-order chi connectivity index (χ1) is 13.8. The minimum Gasteiger partial charge on any atom is -0.497 e. The van der Waals surface area contributed by atoms with Crippen LogP contribution in [0.3, 0.4) is 0 Å². The molecule has 0 aromatic heterocycles. The first-order valence-corrected chi connectivity index (χ1v) is 10.8. The van der Waals surface area contributed by atoms with Crippen LogP contribution in [0.5, 0.6) is 11.5 Å². The zero-order valence-electron chi connectivity index (χ0n) is 16.6. The highest BCUT2D eigenvalue weighted by Gasteiger charge is 2.46. The van der Waals surface area contributed by atoms with E-state index in [1.54, 1.807) is 19.1 Å². The zero-order chi connectivity index (χ0) is 21.1. The molecule has 0 saturated carbocycles. The maximum atomic E-state index is 13.2. The fraction of sp³-hybridized carbons (Fsp3) is 0.526. The molecule has 0 amide bonds. The summed E-state index contributed by atoms with van der Waals surface area (Å²) >= 11 is 0. The molecule has 1 aromatic carbocycles. The lowest BCUT2D eigenvalue weighted by Crippen LogP contribution is -2.42. The van der Waals surface area contributed by atoms with Crippen LogP contribution in [-0.4, -0.2) is 59.5 Å². The highest BCUT2D eigenvalue weighted by Crippen LogP contribution is 2.38. The number of hydrogen-bond donors (Lipinski definition) is 1. The number of methoxy groups -OCH3 is 2. The Labute approximate surface area is 170 Å². The van der Waals surface area contributed by atoms with Crippen LogP contribution in [0.2, 0.25) is 0 Å². The highest BCUT2D eigenvalue weighted by molar-refractivity contribution is 7.93. The van der Waals surface area contributed by atoms with E-state index in [-0.39, 0.29) is 24.3 Å². The first-order valence-electron chi connectivity index (χ1n) is 9.25. The van der Waals surface area contributed by atoms with Crippen molar-refractivity contribution in [2.24, 2.45) is 0 Å². The third kappa shape index (κ3) is 4.49. The molecule has 1 heterocycles. The van der Waals surface area contributed by atoms with Crippen molar-refractivity contribution in [1.29, 1.82) is 0 Å². The van der Waals surface area contributed by atoms with E-state index < -0.39 is 27.0 Å². The summed E-state index contributed by atoms with van der Waals surface area (Å²) in [4.78, 5) is 12.5. The van der Waals surface area contributed by atoms with E-state index in [4.69, 9.17) is 23.7 Å². The Morgan fingerprint density at radius 3 is 2.59 bits per heavy atom. The van der Waals surface area contributed by atoms with Crippen molar-refractivity contribution in [3.05, 3.63) is 29.8 Å². The second-order valence-corrected chi connectivity index (χ2v) is 8.43. The summed E-state index contributed by atoms with van der Waals surface area (Å²) in [5.41, 5.74) is 0.241. The van der Waals surface area contributed by atoms with Crippen LogP contribution in [0.15, 0.2) is 29.8 Å². The molecule has 1 aliphatic carbocycles. The Kier molecular flexibility index (Phi) is 6.35. The number of ether oxygens (including phenoxy) is 5. The molecule has 29 heavy (non-hydrogen) atoms. The van der Waals surface area contributed by atoms with Gasteiger partial charge in [-0.15, -0.1) is 0 Å². The summed E-state index contributed by atoms with van der Waals surface area (Å²) in [5.74, 6) is -0.967. The van der Waals surface area contributed by atoms with Crippen molar-refractivity contribution in [3.8, 4) is 11.5 Å². The molecule has 1 fully saturated rings. The number of carbonyl (C=O) groups is 1. The van der Waals surface area contributed by atoms with Crippen molar-refractivity contribution in [1.82, 2.24) is 0 Å². The molecular weight excluding hydrogens is 402 g/mol. The SMILES string of the molecule is CCOC(=O)C1=CC2(CCC1S(=O)(=O)Nc1ccc(OC)cc1OC)OCCO2. The Bertz CT molecular complexity index is 889. The van der Waals surface area contributed by atoms with E-state index in [0.29, 0.717) is 31.1 Å². The lowest BCUT2D eigenvalue weighted by Gasteiger charge is -2.33. The van der Waals surface area contributed by atoms with Crippen molar-refractivity contribution in [2.75, 3.05) is 38.8 Å². The fourth-order valence-corrected chi connectivity index (χ4v) is 4.97. The highest BCUT2D eigenvalue weighted by atomic mass is 32.2. The summed E-state index contributed by atoms with van der Waals surface area (Å²) in [6, 6.07) is 4.71. The number of esters is 1. The Morgan fingerprint density at radius 1 is 1.24 bits per heavy atom. The van der Waals surface area contributed by atoms with Crippen molar-refractivity contribution in [3.63, 3.8) is 0 Å². The molecule has 1 aromatic rings. The average Bonchev–Trinajstić information content (AvgIpc) is 3.15. The molecule has 1 N–H and O–H groups in total. The molecule has 2 aliphatic rings. The summed E-state index contributed by atoms with van der Waals surface area (Å²) in [6.45, 7) is 2.54. The van der Waals surface area contributed by atoms with E-state index in [2.05, 4.69) is 4.72 Å². The van der Waals surface area contributed by atoms with Crippen LogP contribution in [0.25, 0.3) is 0 Å². The van der Waals surface area contributed by atoms with Gasteiger partial charge in [0.15, 0.2) is 5.79 Å². The number of carbonyl (C=O) groups excluding carboxylic acids is 1. The zero-order valence-corrected chi connectivity index (χ0v) is 17.4. The first kappa shape index (κ1) is 21.4. The van der Waals surface area contributed by atoms with Crippen LogP contribution in [0.4, 0.5) is 5.69 Å². The van der Waals surface area contributed by atoms with E-state index in [1.807, 2.05) is 0 Å². The number of sulfonamides is 1.